The second kappa shape index (κ2) is 7.21. The van der Waals surface area contributed by atoms with Crippen LogP contribution >= 0.6 is 23.8 Å². The number of anilines is 1. The Labute approximate surface area is 155 Å². The van der Waals surface area contributed by atoms with Crippen molar-refractivity contribution in [3.05, 3.63) is 76.2 Å². The first-order chi connectivity index (χ1) is 11.9. The number of halogens is 2. The van der Waals surface area contributed by atoms with Crippen LogP contribution in [-0.4, -0.2) is 11.0 Å². The van der Waals surface area contributed by atoms with Gasteiger partial charge in [-0.05, 0) is 61.1 Å². The van der Waals surface area contributed by atoms with Gasteiger partial charge in [-0.15, -0.1) is 0 Å². The molecule has 0 saturated carbocycles. The van der Waals surface area contributed by atoms with Gasteiger partial charge in [0.15, 0.2) is 5.11 Å². The largest absolute Gasteiger partial charge is 0.351 e. The zero-order valence-corrected chi connectivity index (χ0v) is 14.8. The Hall–Kier alpha value is -2.44. The first-order valence-corrected chi connectivity index (χ1v) is 8.33. The highest BCUT2D eigenvalue weighted by Gasteiger charge is 2.30. The quantitative estimate of drug-likeness (QED) is 0.712. The van der Waals surface area contributed by atoms with Crippen LogP contribution in [0.4, 0.5) is 10.1 Å². The maximum absolute atomic E-state index is 13.6. The van der Waals surface area contributed by atoms with E-state index in [4.69, 9.17) is 23.8 Å². The van der Waals surface area contributed by atoms with E-state index in [1.807, 2.05) is 0 Å². The monoisotopic (exact) mass is 375 g/mol. The molecule has 1 heterocycles. The summed E-state index contributed by atoms with van der Waals surface area (Å²) in [6, 6.07) is 12.3. The van der Waals surface area contributed by atoms with Crippen molar-refractivity contribution in [2.24, 2.45) is 0 Å². The second-order valence-corrected chi connectivity index (χ2v) is 6.43. The van der Waals surface area contributed by atoms with Gasteiger partial charge in [0.05, 0.1) is 11.6 Å². The van der Waals surface area contributed by atoms with Crippen LogP contribution in [0.2, 0.25) is 5.02 Å². The lowest BCUT2D eigenvalue weighted by molar-refractivity contribution is -0.113. The molecule has 0 radical (unpaired) electrons. The number of amides is 1. The van der Waals surface area contributed by atoms with Gasteiger partial charge in [0.1, 0.15) is 5.82 Å². The van der Waals surface area contributed by atoms with Gasteiger partial charge in [0.2, 0.25) is 0 Å². The van der Waals surface area contributed by atoms with Crippen molar-refractivity contribution in [3.8, 4) is 0 Å². The topological polar surface area (TPSA) is 53.2 Å². The minimum Gasteiger partial charge on any atom is -0.351 e. The molecule has 4 nitrogen and oxygen atoms in total. The van der Waals surface area contributed by atoms with Gasteiger partial charge in [-0.2, -0.15) is 0 Å². The standard InChI is InChI=1S/C18H15ClFN3OS/c1-10-15(17(24)22-14-7-5-12(19)6-8-14)16(23-18(25)21-10)11-3-2-4-13(20)9-11/h2-9,16H,1H3,(H,22,24)(H2,21,23,25)/t16-/m1/s1. The number of rotatable bonds is 3. The normalized spacial score (nSPS) is 16.9. The lowest BCUT2D eigenvalue weighted by Crippen LogP contribution is -2.45. The van der Waals surface area contributed by atoms with E-state index >= 15 is 0 Å². The zero-order chi connectivity index (χ0) is 18.0. The third-order valence-electron chi connectivity index (χ3n) is 3.80. The average molecular weight is 376 g/mol. The SMILES string of the molecule is CC1=C(C(=O)Nc2ccc(Cl)cc2)[C@@H](c2cccc(F)c2)NC(=S)N1. The van der Waals surface area contributed by atoms with E-state index in [1.165, 1.54) is 12.1 Å². The number of carbonyl (C=O) groups excluding carboxylic acids is 1. The van der Waals surface area contributed by atoms with Gasteiger partial charge in [-0.25, -0.2) is 4.39 Å². The van der Waals surface area contributed by atoms with E-state index in [1.54, 1.807) is 43.3 Å². The van der Waals surface area contributed by atoms with E-state index in [0.717, 1.165) is 0 Å². The van der Waals surface area contributed by atoms with E-state index in [2.05, 4.69) is 16.0 Å². The molecule has 7 heteroatoms. The van der Waals surface area contributed by atoms with Gasteiger partial charge in [0.25, 0.3) is 5.91 Å². The molecule has 0 saturated heterocycles. The number of carbonyl (C=O) groups is 1. The molecule has 2 aromatic carbocycles. The molecule has 3 N–H and O–H groups in total. The molecule has 1 aliphatic rings. The Balaban J connectivity index is 1.94. The van der Waals surface area contributed by atoms with E-state index in [0.29, 0.717) is 32.7 Å². The summed E-state index contributed by atoms with van der Waals surface area (Å²) < 4.78 is 13.6. The minimum absolute atomic E-state index is 0.309. The lowest BCUT2D eigenvalue weighted by Gasteiger charge is -2.30. The lowest BCUT2D eigenvalue weighted by atomic mass is 9.95. The minimum atomic E-state index is -0.545. The second-order valence-electron chi connectivity index (χ2n) is 5.59. The Morgan fingerprint density at radius 1 is 1.24 bits per heavy atom. The third-order valence-corrected chi connectivity index (χ3v) is 4.27. The molecule has 25 heavy (non-hydrogen) atoms. The summed E-state index contributed by atoms with van der Waals surface area (Å²) in [7, 11) is 0. The molecule has 0 bridgehead atoms. The van der Waals surface area contributed by atoms with Crippen molar-refractivity contribution in [2.45, 2.75) is 13.0 Å². The maximum Gasteiger partial charge on any atom is 0.255 e. The summed E-state index contributed by atoms with van der Waals surface area (Å²) in [5.41, 5.74) is 2.28. The van der Waals surface area contributed by atoms with E-state index in [9.17, 15) is 9.18 Å². The Bertz CT molecular complexity index is 867. The molecule has 2 aromatic rings. The molecular formula is C18H15ClFN3OS. The summed E-state index contributed by atoms with van der Waals surface area (Å²) in [5.74, 6) is -0.685. The smallest absolute Gasteiger partial charge is 0.255 e. The first kappa shape index (κ1) is 17.4. The van der Waals surface area contributed by atoms with Gasteiger partial charge in [-0.3, -0.25) is 4.79 Å². The fourth-order valence-electron chi connectivity index (χ4n) is 2.66. The molecular weight excluding hydrogens is 361 g/mol. The number of hydrogen-bond donors (Lipinski definition) is 3. The molecule has 1 amide bonds. The molecule has 1 atom stereocenters. The summed E-state index contributed by atoms with van der Waals surface area (Å²) in [4.78, 5) is 12.8. The Kier molecular flexibility index (Phi) is 5.01. The molecule has 128 valence electrons. The van der Waals surface area contributed by atoms with Crippen molar-refractivity contribution in [1.82, 2.24) is 10.6 Å². The van der Waals surface area contributed by atoms with Crippen LogP contribution in [0.15, 0.2) is 59.8 Å². The number of benzene rings is 2. The maximum atomic E-state index is 13.6. The van der Waals surface area contributed by atoms with Crippen molar-refractivity contribution in [3.63, 3.8) is 0 Å². The fourth-order valence-corrected chi connectivity index (χ4v) is 3.06. The summed E-state index contributed by atoms with van der Waals surface area (Å²) >= 11 is 11.0. The molecule has 0 fully saturated rings. The Morgan fingerprint density at radius 3 is 2.64 bits per heavy atom. The zero-order valence-electron chi connectivity index (χ0n) is 13.3. The molecule has 0 spiro atoms. The number of thiocarbonyl (C=S) groups is 1. The van der Waals surface area contributed by atoms with Crippen LogP contribution in [0.25, 0.3) is 0 Å². The van der Waals surface area contributed by atoms with E-state index in [-0.39, 0.29) is 11.7 Å². The highest BCUT2D eigenvalue weighted by molar-refractivity contribution is 7.80. The van der Waals surface area contributed by atoms with Crippen LogP contribution in [0.1, 0.15) is 18.5 Å². The fraction of sp³-hybridized carbons (Fsp3) is 0.111. The van der Waals surface area contributed by atoms with Crippen LogP contribution in [0.3, 0.4) is 0 Å². The number of nitrogens with one attached hydrogen (secondary N) is 3. The molecule has 0 aromatic heterocycles. The molecule has 1 aliphatic heterocycles. The third kappa shape index (κ3) is 3.97. The molecule has 3 rings (SSSR count). The highest BCUT2D eigenvalue weighted by atomic mass is 35.5. The van der Waals surface area contributed by atoms with Gasteiger partial charge < -0.3 is 16.0 Å². The summed E-state index contributed by atoms with van der Waals surface area (Å²) in [6.07, 6.45) is 0. The van der Waals surface area contributed by atoms with Gasteiger partial charge in [-0.1, -0.05) is 23.7 Å². The van der Waals surface area contributed by atoms with Crippen molar-refractivity contribution in [2.75, 3.05) is 5.32 Å². The highest BCUT2D eigenvalue weighted by Crippen LogP contribution is 2.28. The van der Waals surface area contributed by atoms with Crippen LogP contribution in [0, 0.1) is 5.82 Å². The first-order valence-electron chi connectivity index (χ1n) is 7.54. The molecule has 0 unspecified atom stereocenters. The van der Waals surface area contributed by atoms with Crippen LogP contribution < -0.4 is 16.0 Å². The van der Waals surface area contributed by atoms with E-state index < -0.39 is 6.04 Å². The average Bonchev–Trinajstić information content (AvgIpc) is 2.56. The number of allylic oxidation sites excluding steroid dienone is 1. The van der Waals surface area contributed by atoms with Gasteiger partial charge >= 0.3 is 0 Å². The predicted molar refractivity (Wildman–Crippen MR) is 101 cm³/mol. The van der Waals surface area contributed by atoms with Crippen molar-refractivity contribution < 1.29 is 9.18 Å². The Morgan fingerprint density at radius 2 is 1.96 bits per heavy atom. The summed E-state index contributed by atoms with van der Waals surface area (Å²) in [6.45, 7) is 1.76. The van der Waals surface area contributed by atoms with Crippen molar-refractivity contribution in [1.29, 1.82) is 0 Å². The number of hydrogen-bond acceptors (Lipinski definition) is 2. The molecule has 0 aliphatic carbocycles. The van der Waals surface area contributed by atoms with Crippen molar-refractivity contribution >= 4 is 40.5 Å². The van der Waals surface area contributed by atoms with Gasteiger partial charge in [0, 0.05) is 16.4 Å². The van der Waals surface area contributed by atoms with Crippen LogP contribution in [0.5, 0.6) is 0 Å². The predicted octanol–water partition coefficient (Wildman–Crippen LogP) is 3.91. The summed E-state index contributed by atoms with van der Waals surface area (Å²) in [5, 5.41) is 9.76. The van der Waals surface area contributed by atoms with Crippen LogP contribution in [-0.2, 0) is 4.79 Å².